The second-order valence-corrected chi connectivity index (χ2v) is 3.41. The van der Waals surface area contributed by atoms with E-state index in [9.17, 15) is 4.79 Å². The van der Waals surface area contributed by atoms with E-state index in [1.165, 1.54) is 11.3 Å². The molecule has 0 aliphatic rings. The van der Waals surface area contributed by atoms with Crippen molar-refractivity contribution in [2.45, 2.75) is 12.8 Å². The van der Waals surface area contributed by atoms with Gasteiger partial charge in [0.05, 0.1) is 11.4 Å². The van der Waals surface area contributed by atoms with Crippen molar-refractivity contribution in [3.63, 3.8) is 0 Å². The quantitative estimate of drug-likeness (QED) is 0.571. The molecule has 68 valence electrons. The largest absolute Gasteiger partial charge is 0.330 e. The van der Waals surface area contributed by atoms with Gasteiger partial charge in [0.25, 0.3) is 0 Å². The highest BCUT2D eigenvalue weighted by molar-refractivity contribution is 7.09. The van der Waals surface area contributed by atoms with E-state index in [-0.39, 0.29) is 12.2 Å². The van der Waals surface area contributed by atoms with Gasteiger partial charge in [-0.3, -0.25) is 4.79 Å². The maximum Gasteiger partial charge on any atom is 0.193 e. The van der Waals surface area contributed by atoms with Gasteiger partial charge in [-0.1, -0.05) is 5.92 Å². The van der Waals surface area contributed by atoms with Gasteiger partial charge in [0.2, 0.25) is 0 Å². The van der Waals surface area contributed by atoms with Gasteiger partial charge in [-0.05, 0) is 6.54 Å². The summed E-state index contributed by atoms with van der Waals surface area (Å²) in [6.07, 6.45) is 5.85. The van der Waals surface area contributed by atoms with Gasteiger partial charge in [0.15, 0.2) is 5.78 Å². The molecule has 4 heteroatoms. The number of Topliss-reactive ketones (excluding diaryl/α,β-unsaturated/α-hetero) is 1. The molecule has 0 aromatic carbocycles. The molecule has 0 atom stereocenters. The maximum atomic E-state index is 11.2. The van der Waals surface area contributed by atoms with Crippen LogP contribution in [-0.2, 0) is 6.42 Å². The number of terminal acetylenes is 1. The number of rotatable bonds is 4. The van der Waals surface area contributed by atoms with Crippen LogP contribution in [0.25, 0.3) is 0 Å². The monoisotopic (exact) mass is 194 g/mol. The van der Waals surface area contributed by atoms with Crippen molar-refractivity contribution >= 4 is 17.1 Å². The van der Waals surface area contributed by atoms with Gasteiger partial charge in [-0.2, -0.15) is 0 Å². The first-order chi connectivity index (χ1) is 6.27. The van der Waals surface area contributed by atoms with Gasteiger partial charge in [0.1, 0.15) is 5.69 Å². The van der Waals surface area contributed by atoms with Crippen LogP contribution >= 0.6 is 11.3 Å². The van der Waals surface area contributed by atoms with E-state index in [4.69, 9.17) is 12.2 Å². The van der Waals surface area contributed by atoms with Crippen LogP contribution in [0.1, 0.15) is 21.9 Å². The molecule has 0 saturated heterocycles. The molecule has 2 N–H and O–H groups in total. The Morgan fingerprint density at radius 3 is 3.15 bits per heavy atom. The lowest BCUT2D eigenvalue weighted by molar-refractivity contribution is 0.0994. The lowest BCUT2D eigenvalue weighted by atomic mass is 10.2. The summed E-state index contributed by atoms with van der Waals surface area (Å²) in [4.78, 5) is 15.3. The summed E-state index contributed by atoms with van der Waals surface area (Å²) >= 11 is 1.45. The Morgan fingerprint density at radius 1 is 1.77 bits per heavy atom. The molecule has 0 aliphatic heterocycles. The highest BCUT2D eigenvalue weighted by Gasteiger charge is 2.08. The van der Waals surface area contributed by atoms with Crippen LogP contribution in [0.3, 0.4) is 0 Å². The lowest BCUT2D eigenvalue weighted by Gasteiger charge is -1.89. The van der Waals surface area contributed by atoms with Crippen LogP contribution < -0.4 is 5.73 Å². The Morgan fingerprint density at radius 2 is 2.54 bits per heavy atom. The number of hydrogen-bond acceptors (Lipinski definition) is 4. The molecular formula is C9H10N2OS. The second-order valence-electron chi connectivity index (χ2n) is 2.47. The summed E-state index contributed by atoms with van der Waals surface area (Å²) in [5, 5.41) is 2.62. The predicted octanol–water partition coefficient (Wildman–Crippen LogP) is 0.850. The number of nitrogens with zero attached hydrogens (tertiary/aromatic N) is 1. The lowest BCUT2D eigenvalue weighted by Crippen LogP contribution is -2.03. The minimum absolute atomic E-state index is 0.0954. The van der Waals surface area contributed by atoms with Crippen LogP contribution in [0.2, 0.25) is 0 Å². The molecule has 0 fully saturated rings. The van der Waals surface area contributed by atoms with Gasteiger partial charge in [-0.15, -0.1) is 17.8 Å². The fourth-order valence-corrected chi connectivity index (χ4v) is 1.68. The van der Waals surface area contributed by atoms with Crippen LogP contribution in [0, 0.1) is 12.3 Å². The second kappa shape index (κ2) is 4.75. The van der Waals surface area contributed by atoms with Gasteiger partial charge >= 0.3 is 0 Å². The first-order valence-corrected chi connectivity index (χ1v) is 4.77. The van der Waals surface area contributed by atoms with Crippen molar-refractivity contribution in [2.75, 3.05) is 6.54 Å². The molecule has 3 nitrogen and oxygen atoms in total. The van der Waals surface area contributed by atoms with Crippen LogP contribution in [-0.4, -0.2) is 17.3 Å². The highest BCUT2D eigenvalue weighted by atomic mass is 32.1. The molecule has 0 unspecified atom stereocenters. The number of ketones is 1. The standard InChI is InChI=1S/C9H10N2OS/c1-2-3-8(12)7-6-13-9(11-7)4-5-10/h1,6H,3-5,10H2. The molecule has 1 aromatic rings. The van der Waals surface area contributed by atoms with Crippen LogP contribution in [0.15, 0.2) is 5.38 Å². The molecule has 0 spiro atoms. The zero-order valence-electron chi connectivity index (χ0n) is 7.12. The van der Waals surface area contributed by atoms with E-state index in [0.29, 0.717) is 18.7 Å². The first kappa shape index (κ1) is 9.90. The van der Waals surface area contributed by atoms with Gasteiger partial charge in [-0.25, -0.2) is 4.98 Å². The summed E-state index contributed by atoms with van der Waals surface area (Å²) in [7, 11) is 0. The maximum absolute atomic E-state index is 11.2. The molecule has 0 aliphatic carbocycles. The van der Waals surface area contributed by atoms with Crippen LogP contribution in [0.5, 0.6) is 0 Å². The van der Waals surface area contributed by atoms with E-state index < -0.39 is 0 Å². The van der Waals surface area contributed by atoms with E-state index in [1.807, 2.05) is 0 Å². The van der Waals surface area contributed by atoms with E-state index in [0.717, 1.165) is 5.01 Å². The van der Waals surface area contributed by atoms with E-state index in [1.54, 1.807) is 5.38 Å². The molecule has 1 aromatic heterocycles. The Labute approximate surface area is 81.0 Å². The molecule has 1 heterocycles. The number of nitrogens with two attached hydrogens (primary N) is 1. The molecule has 0 bridgehead atoms. The van der Waals surface area contributed by atoms with Crippen molar-refractivity contribution in [3.8, 4) is 12.3 Å². The van der Waals surface area contributed by atoms with Crippen molar-refractivity contribution in [1.29, 1.82) is 0 Å². The van der Waals surface area contributed by atoms with Crippen molar-refractivity contribution < 1.29 is 4.79 Å². The molecule has 13 heavy (non-hydrogen) atoms. The fraction of sp³-hybridized carbons (Fsp3) is 0.333. The summed E-state index contributed by atoms with van der Waals surface area (Å²) in [6.45, 7) is 0.552. The third kappa shape index (κ3) is 2.65. The zero-order chi connectivity index (χ0) is 9.68. The predicted molar refractivity (Wildman–Crippen MR) is 52.7 cm³/mol. The minimum atomic E-state index is -0.0954. The fourth-order valence-electron chi connectivity index (χ4n) is 0.861. The summed E-state index contributed by atoms with van der Waals surface area (Å²) in [5.41, 5.74) is 5.82. The average Bonchev–Trinajstić information content (AvgIpc) is 2.54. The Kier molecular flexibility index (Phi) is 3.62. The van der Waals surface area contributed by atoms with E-state index >= 15 is 0 Å². The Balaban J connectivity index is 2.69. The highest BCUT2D eigenvalue weighted by Crippen LogP contribution is 2.11. The zero-order valence-corrected chi connectivity index (χ0v) is 7.93. The molecule has 1 rings (SSSR count). The van der Waals surface area contributed by atoms with Crippen molar-refractivity contribution in [3.05, 3.63) is 16.1 Å². The van der Waals surface area contributed by atoms with Gasteiger partial charge < -0.3 is 5.73 Å². The third-order valence-corrected chi connectivity index (χ3v) is 2.37. The molecular weight excluding hydrogens is 184 g/mol. The Hall–Kier alpha value is -1.18. The van der Waals surface area contributed by atoms with Gasteiger partial charge in [0, 0.05) is 11.8 Å². The topological polar surface area (TPSA) is 56.0 Å². The molecule has 0 saturated carbocycles. The summed E-state index contributed by atoms with van der Waals surface area (Å²) in [6, 6.07) is 0. The van der Waals surface area contributed by atoms with Crippen LogP contribution in [0.4, 0.5) is 0 Å². The van der Waals surface area contributed by atoms with E-state index in [2.05, 4.69) is 10.9 Å². The van der Waals surface area contributed by atoms with Crippen molar-refractivity contribution in [1.82, 2.24) is 4.98 Å². The molecule has 0 radical (unpaired) electrons. The van der Waals surface area contributed by atoms with Crippen molar-refractivity contribution in [2.24, 2.45) is 5.73 Å². The smallest absolute Gasteiger partial charge is 0.193 e. The number of hydrogen-bond donors (Lipinski definition) is 1. The number of aromatic nitrogens is 1. The normalized spacial score (nSPS) is 9.54. The average molecular weight is 194 g/mol. The number of thiazole rings is 1. The summed E-state index contributed by atoms with van der Waals surface area (Å²) < 4.78 is 0. The number of carbonyl (C=O) groups is 1. The molecule has 0 amide bonds. The SMILES string of the molecule is C#CCC(=O)c1csc(CCN)n1. The Bertz CT molecular complexity index is 338. The number of carbonyl (C=O) groups excluding carboxylic acids is 1. The minimum Gasteiger partial charge on any atom is -0.330 e. The first-order valence-electron chi connectivity index (χ1n) is 3.89. The summed E-state index contributed by atoms with van der Waals surface area (Å²) in [5.74, 6) is 2.20. The third-order valence-electron chi connectivity index (χ3n) is 1.46.